The third-order valence-corrected chi connectivity index (χ3v) is 7.99. The molecule has 10 nitrogen and oxygen atoms in total. The lowest BCUT2D eigenvalue weighted by Gasteiger charge is -2.04. The summed E-state index contributed by atoms with van der Waals surface area (Å²) in [5, 5.41) is 5.40. The highest BCUT2D eigenvalue weighted by Crippen LogP contribution is 2.31. The molecule has 0 bridgehead atoms. The Morgan fingerprint density at radius 1 is 0.610 bits per heavy atom. The van der Waals surface area contributed by atoms with Crippen molar-refractivity contribution < 1.29 is 26.8 Å². The topological polar surface area (TPSA) is 144 Å². The highest BCUT2D eigenvalue weighted by molar-refractivity contribution is 7.91. The fourth-order valence-electron chi connectivity index (χ4n) is 4.33. The lowest BCUT2D eigenvalue weighted by atomic mass is 10.2. The molecule has 0 unspecified atom stereocenters. The van der Waals surface area contributed by atoms with E-state index in [-0.39, 0.29) is 21.6 Å². The lowest BCUT2D eigenvalue weighted by molar-refractivity contribution is -0.115. The third kappa shape index (κ3) is 5.18. The first-order valence-electron chi connectivity index (χ1n) is 12.5. The lowest BCUT2D eigenvalue weighted by Crippen LogP contribution is -2.05. The van der Waals surface area contributed by atoms with Crippen molar-refractivity contribution in [2.24, 2.45) is 0 Å². The molecule has 6 aromatic rings. The molecule has 0 saturated carbocycles. The number of sulfone groups is 1. The van der Waals surface area contributed by atoms with Gasteiger partial charge in [-0.05, 0) is 84.9 Å². The van der Waals surface area contributed by atoms with Gasteiger partial charge >= 0.3 is 0 Å². The van der Waals surface area contributed by atoms with E-state index in [0.29, 0.717) is 56.5 Å². The summed E-state index contributed by atoms with van der Waals surface area (Å²) in [6.07, 6.45) is 0. The van der Waals surface area contributed by atoms with Crippen molar-refractivity contribution in [2.45, 2.75) is 23.6 Å². The van der Waals surface area contributed by atoms with E-state index in [9.17, 15) is 18.0 Å². The number of nitrogens with one attached hydrogen (secondary N) is 2. The molecule has 0 atom stereocenters. The molecule has 0 spiro atoms. The van der Waals surface area contributed by atoms with Gasteiger partial charge in [0.15, 0.2) is 11.2 Å². The predicted octanol–water partition coefficient (Wildman–Crippen LogP) is 6.05. The first-order chi connectivity index (χ1) is 19.7. The molecule has 204 valence electrons. The minimum absolute atomic E-state index is 0.0579. The fourth-order valence-corrected chi connectivity index (χ4v) is 5.63. The second kappa shape index (κ2) is 10.0. The van der Waals surface area contributed by atoms with Crippen LogP contribution in [0.1, 0.15) is 13.8 Å². The van der Waals surface area contributed by atoms with Crippen molar-refractivity contribution in [2.75, 3.05) is 10.6 Å². The third-order valence-electron chi connectivity index (χ3n) is 6.24. The summed E-state index contributed by atoms with van der Waals surface area (Å²) in [7, 11) is -3.91. The van der Waals surface area contributed by atoms with Gasteiger partial charge in [-0.1, -0.05) is 0 Å². The van der Waals surface area contributed by atoms with Crippen LogP contribution >= 0.6 is 0 Å². The number of carbonyl (C=O) groups excluding carboxylic acids is 2. The second-order valence-corrected chi connectivity index (χ2v) is 11.3. The molecule has 0 aliphatic heterocycles. The molecule has 0 fully saturated rings. The van der Waals surface area contributed by atoms with Crippen LogP contribution in [0.2, 0.25) is 0 Å². The summed E-state index contributed by atoms with van der Waals surface area (Å²) >= 11 is 0. The first-order valence-corrected chi connectivity index (χ1v) is 14.0. The van der Waals surface area contributed by atoms with Gasteiger partial charge in [0.1, 0.15) is 11.0 Å². The van der Waals surface area contributed by atoms with Gasteiger partial charge in [0.25, 0.3) is 0 Å². The fraction of sp³-hybridized carbons (Fsp3) is 0.0667. The van der Waals surface area contributed by atoms with Crippen molar-refractivity contribution in [3.8, 4) is 22.9 Å². The van der Waals surface area contributed by atoms with Crippen molar-refractivity contribution in [1.82, 2.24) is 9.97 Å². The Labute approximate surface area is 234 Å². The van der Waals surface area contributed by atoms with E-state index in [2.05, 4.69) is 20.6 Å². The van der Waals surface area contributed by atoms with Gasteiger partial charge < -0.3 is 19.5 Å². The number of rotatable bonds is 6. The number of aromatic nitrogens is 2. The van der Waals surface area contributed by atoms with E-state index >= 15 is 0 Å². The van der Waals surface area contributed by atoms with E-state index in [1.807, 2.05) is 0 Å². The molecule has 41 heavy (non-hydrogen) atoms. The Morgan fingerprint density at radius 3 is 1.37 bits per heavy atom. The van der Waals surface area contributed by atoms with Gasteiger partial charge in [0.05, 0.1) is 9.79 Å². The Hall–Kier alpha value is -5.29. The molecule has 0 saturated heterocycles. The highest BCUT2D eigenvalue weighted by Gasteiger charge is 2.21. The number of fused-ring (bicyclic) bond motifs is 2. The summed E-state index contributed by atoms with van der Waals surface area (Å²) in [6, 6.07) is 23.0. The van der Waals surface area contributed by atoms with Crippen LogP contribution in [-0.2, 0) is 19.4 Å². The monoisotopic (exact) mass is 566 g/mol. The van der Waals surface area contributed by atoms with E-state index in [1.54, 1.807) is 60.7 Å². The van der Waals surface area contributed by atoms with Crippen LogP contribution in [-0.4, -0.2) is 30.2 Å². The Kier molecular flexibility index (Phi) is 6.35. The van der Waals surface area contributed by atoms with Crippen LogP contribution in [0.5, 0.6) is 0 Å². The zero-order chi connectivity index (χ0) is 28.7. The molecule has 2 heterocycles. The summed E-state index contributed by atoms with van der Waals surface area (Å²) in [4.78, 5) is 31.6. The molecule has 11 heteroatoms. The number of nitrogens with zero attached hydrogens (tertiary/aromatic N) is 2. The van der Waals surface area contributed by atoms with Crippen LogP contribution < -0.4 is 10.6 Å². The van der Waals surface area contributed by atoms with Crippen molar-refractivity contribution in [3.63, 3.8) is 0 Å². The Bertz CT molecular complexity index is 1920. The van der Waals surface area contributed by atoms with Gasteiger partial charge in [-0.2, -0.15) is 0 Å². The van der Waals surface area contributed by atoms with Gasteiger partial charge in [-0.25, -0.2) is 18.4 Å². The highest BCUT2D eigenvalue weighted by atomic mass is 32.2. The SMILES string of the molecule is CC(=O)Nc1ccc(-c2nc3cc(S(=O)(=O)c4ccc5oc(-c6ccc(NC(C)=O)cc6)nc5c4)ccc3o2)cc1. The molecular weight excluding hydrogens is 544 g/mol. The van der Waals surface area contributed by atoms with Gasteiger partial charge in [0.2, 0.25) is 33.4 Å². The summed E-state index contributed by atoms with van der Waals surface area (Å²) in [5.74, 6) is 0.299. The van der Waals surface area contributed by atoms with Crippen molar-refractivity contribution >= 4 is 55.2 Å². The van der Waals surface area contributed by atoms with E-state index < -0.39 is 9.84 Å². The molecule has 4 aromatic carbocycles. The normalized spacial score (nSPS) is 11.6. The number of hydrogen-bond donors (Lipinski definition) is 2. The zero-order valence-corrected chi connectivity index (χ0v) is 22.7. The van der Waals surface area contributed by atoms with Crippen LogP contribution in [0.15, 0.2) is 104 Å². The van der Waals surface area contributed by atoms with E-state index in [4.69, 9.17) is 8.83 Å². The number of oxazole rings is 2. The largest absolute Gasteiger partial charge is 0.436 e. The van der Waals surface area contributed by atoms with Gasteiger partial charge in [0, 0.05) is 36.3 Å². The smallest absolute Gasteiger partial charge is 0.227 e. The first kappa shape index (κ1) is 26.0. The van der Waals surface area contributed by atoms with Gasteiger partial charge in [-0.3, -0.25) is 9.59 Å². The summed E-state index contributed by atoms with van der Waals surface area (Å²) in [5.41, 5.74) is 4.29. The Morgan fingerprint density at radius 2 is 1.00 bits per heavy atom. The summed E-state index contributed by atoms with van der Waals surface area (Å²) in [6.45, 7) is 2.86. The molecule has 6 rings (SSSR count). The maximum absolute atomic E-state index is 13.5. The molecule has 0 aliphatic carbocycles. The van der Waals surface area contributed by atoms with Crippen molar-refractivity contribution in [1.29, 1.82) is 0 Å². The number of amides is 2. The van der Waals surface area contributed by atoms with Crippen LogP contribution in [0.3, 0.4) is 0 Å². The zero-order valence-electron chi connectivity index (χ0n) is 21.8. The molecule has 2 amide bonds. The minimum atomic E-state index is -3.91. The molecule has 0 aliphatic rings. The predicted molar refractivity (Wildman–Crippen MR) is 153 cm³/mol. The molecule has 2 N–H and O–H groups in total. The molecule has 2 aromatic heterocycles. The van der Waals surface area contributed by atoms with Gasteiger partial charge in [-0.15, -0.1) is 0 Å². The number of carbonyl (C=O) groups is 2. The number of anilines is 2. The average Bonchev–Trinajstić information content (AvgIpc) is 3.57. The maximum atomic E-state index is 13.5. The average molecular weight is 567 g/mol. The van der Waals surface area contributed by atoms with E-state index in [0.717, 1.165) is 0 Å². The minimum Gasteiger partial charge on any atom is -0.436 e. The van der Waals surface area contributed by atoms with Crippen molar-refractivity contribution in [3.05, 3.63) is 84.9 Å². The summed E-state index contributed by atoms with van der Waals surface area (Å²) < 4.78 is 38.8. The van der Waals surface area contributed by atoms with E-state index in [1.165, 1.54) is 38.1 Å². The quantitative estimate of drug-likeness (QED) is 0.248. The Balaban J connectivity index is 1.28. The molecule has 0 radical (unpaired) electrons. The van der Waals surface area contributed by atoms with Crippen LogP contribution in [0.25, 0.3) is 45.1 Å². The standard InChI is InChI=1S/C30H22N4O6S/c1-17(35)31-21-7-3-19(4-8-21)29-33-25-15-23(11-13-27(25)39-29)41(37,38)24-12-14-28-26(16-24)34-30(40-28)20-5-9-22(10-6-20)32-18(2)36/h3-16H,1-2H3,(H,31,35)(H,32,36). The number of benzene rings is 4. The molecular formula is C30H22N4O6S. The second-order valence-electron chi connectivity index (χ2n) is 9.32. The van der Waals surface area contributed by atoms with Crippen LogP contribution in [0.4, 0.5) is 11.4 Å². The maximum Gasteiger partial charge on any atom is 0.227 e. The number of hydrogen-bond acceptors (Lipinski definition) is 8. The van der Waals surface area contributed by atoms with Crippen LogP contribution in [0, 0.1) is 0 Å².